The maximum absolute atomic E-state index is 12.5. The summed E-state index contributed by atoms with van der Waals surface area (Å²) in [5.41, 5.74) is 1.09. The number of carbonyl (C=O) groups is 2. The second-order valence-electron chi connectivity index (χ2n) is 4.75. The first-order chi connectivity index (χ1) is 9.56. The lowest BCUT2D eigenvalue weighted by Crippen LogP contribution is -2.41. The number of methoxy groups -OCH3 is 2. The van der Waals surface area contributed by atoms with E-state index in [-0.39, 0.29) is 12.0 Å². The zero-order chi connectivity index (χ0) is 14.7. The molecule has 1 aromatic heterocycles. The topological polar surface area (TPSA) is 68.7 Å². The molecular formula is C14H18N2O4. The lowest BCUT2D eigenvalue weighted by molar-refractivity contribution is -0.145. The largest absolute Gasteiger partial charge is 0.467 e. The fourth-order valence-corrected chi connectivity index (χ4v) is 2.36. The van der Waals surface area contributed by atoms with Gasteiger partial charge in [-0.05, 0) is 19.1 Å². The third kappa shape index (κ3) is 2.80. The molecule has 0 N–H and O–H groups in total. The third-order valence-corrected chi connectivity index (χ3v) is 3.44. The molecule has 0 saturated carbocycles. The molecule has 108 valence electrons. The van der Waals surface area contributed by atoms with Crippen LogP contribution in [-0.2, 0) is 14.3 Å². The van der Waals surface area contributed by atoms with Gasteiger partial charge >= 0.3 is 5.97 Å². The molecular weight excluding hydrogens is 260 g/mol. The van der Waals surface area contributed by atoms with Crippen LogP contribution in [0.4, 0.5) is 0 Å². The molecule has 1 aliphatic heterocycles. The third-order valence-electron chi connectivity index (χ3n) is 3.44. The molecule has 6 heteroatoms. The van der Waals surface area contributed by atoms with E-state index in [1.807, 2.05) is 13.0 Å². The Kier molecular flexibility index (Phi) is 4.34. The number of ether oxygens (including phenoxy) is 2. The number of hydrogen-bond donors (Lipinski definition) is 0. The Labute approximate surface area is 117 Å². The van der Waals surface area contributed by atoms with Crippen molar-refractivity contribution in [1.29, 1.82) is 0 Å². The van der Waals surface area contributed by atoms with Crippen molar-refractivity contribution in [2.45, 2.75) is 25.5 Å². The molecule has 1 aromatic rings. The first kappa shape index (κ1) is 14.5. The highest BCUT2D eigenvalue weighted by molar-refractivity contribution is 5.95. The van der Waals surface area contributed by atoms with Crippen molar-refractivity contribution in [2.75, 3.05) is 20.8 Å². The van der Waals surface area contributed by atoms with Gasteiger partial charge in [-0.3, -0.25) is 4.79 Å². The van der Waals surface area contributed by atoms with E-state index in [0.29, 0.717) is 18.7 Å². The highest BCUT2D eigenvalue weighted by atomic mass is 16.5. The number of carbonyl (C=O) groups excluding carboxylic acids is 2. The lowest BCUT2D eigenvalue weighted by atomic mass is 10.2. The van der Waals surface area contributed by atoms with Crippen molar-refractivity contribution in [3.8, 4) is 0 Å². The van der Waals surface area contributed by atoms with Gasteiger partial charge in [-0.1, -0.05) is 6.07 Å². The maximum Gasteiger partial charge on any atom is 0.328 e. The SMILES string of the molecule is COC(=O)[C@@H]1C[C@@H](OC)CN1C(=O)c1cccc(C)n1. The highest BCUT2D eigenvalue weighted by Crippen LogP contribution is 2.23. The molecule has 20 heavy (non-hydrogen) atoms. The molecule has 0 bridgehead atoms. The second kappa shape index (κ2) is 6.00. The number of aryl methyl sites for hydroxylation is 1. The number of amides is 1. The van der Waals surface area contributed by atoms with Gasteiger partial charge in [0, 0.05) is 25.8 Å². The summed E-state index contributed by atoms with van der Waals surface area (Å²) < 4.78 is 10.0. The molecule has 2 heterocycles. The number of hydrogen-bond acceptors (Lipinski definition) is 5. The summed E-state index contributed by atoms with van der Waals surface area (Å²) in [4.78, 5) is 30.0. The molecule has 0 aliphatic carbocycles. The van der Waals surface area contributed by atoms with Gasteiger partial charge in [-0.25, -0.2) is 9.78 Å². The first-order valence-electron chi connectivity index (χ1n) is 6.42. The molecule has 0 unspecified atom stereocenters. The number of aromatic nitrogens is 1. The van der Waals surface area contributed by atoms with E-state index in [1.165, 1.54) is 12.0 Å². The minimum Gasteiger partial charge on any atom is -0.467 e. The fraction of sp³-hybridized carbons (Fsp3) is 0.500. The van der Waals surface area contributed by atoms with Gasteiger partial charge in [0.05, 0.1) is 13.2 Å². The van der Waals surface area contributed by atoms with Crippen molar-refractivity contribution < 1.29 is 19.1 Å². The summed E-state index contributed by atoms with van der Waals surface area (Å²) in [5, 5.41) is 0. The Morgan fingerprint density at radius 2 is 2.10 bits per heavy atom. The lowest BCUT2D eigenvalue weighted by Gasteiger charge is -2.22. The van der Waals surface area contributed by atoms with Crippen LogP contribution in [0.25, 0.3) is 0 Å². The van der Waals surface area contributed by atoms with E-state index in [0.717, 1.165) is 5.69 Å². The van der Waals surface area contributed by atoms with Gasteiger partial charge < -0.3 is 14.4 Å². The van der Waals surface area contributed by atoms with Gasteiger partial charge in [-0.15, -0.1) is 0 Å². The quantitative estimate of drug-likeness (QED) is 0.765. The normalized spacial score (nSPS) is 21.9. The first-order valence-corrected chi connectivity index (χ1v) is 6.42. The van der Waals surface area contributed by atoms with E-state index in [2.05, 4.69) is 4.98 Å². The monoisotopic (exact) mass is 278 g/mol. The highest BCUT2D eigenvalue weighted by Gasteiger charge is 2.41. The summed E-state index contributed by atoms with van der Waals surface area (Å²) in [6.45, 7) is 2.18. The standard InChI is InChI=1S/C14H18N2O4/c1-9-5-4-6-11(15-9)13(17)16-8-10(19-2)7-12(16)14(18)20-3/h4-6,10,12H,7-8H2,1-3H3/t10-,12+/m1/s1. The van der Waals surface area contributed by atoms with Gasteiger partial charge in [0.2, 0.25) is 0 Å². The second-order valence-corrected chi connectivity index (χ2v) is 4.75. The summed E-state index contributed by atoms with van der Waals surface area (Å²) in [5.74, 6) is -0.700. The van der Waals surface area contributed by atoms with Crippen LogP contribution in [0.3, 0.4) is 0 Å². The van der Waals surface area contributed by atoms with Crippen LogP contribution in [0.1, 0.15) is 22.6 Å². The molecule has 6 nitrogen and oxygen atoms in total. The number of likely N-dealkylation sites (tertiary alicyclic amines) is 1. The van der Waals surface area contributed by atoms with E-state index in [9.17, 15) is 9.59 Å². The molecule has 0 spiro atoms. The van der Waals surface area contributed by atoms with Crippen molar-refractivity contribution in [3.05, 3.63) is 29.6 Å². The smallest absolute Gasteiger partial charge is 0.328 e. The minimum atomic E-state index is -0.611. The Bertz CT molecular complexity index is 518. The Morgan fingerprint density at radius 1 is 1.35 bits per heavy atom. The van der Waals surface area contributed by atoms with Crippen LogP contribution in [0.5, 0.6) is 0 Å². The van der Waals surface area contributed by atoms with Crippen LogP contribution in [0.15, 0.2) is 18.2 Å². The zero-order valence-electron chi connectivity index (χ0n) is 11.8. The van der Waals surface area contributed by atoms with E-state index in [1.54, 1.807) is 19.2 Å². The maximum atomic E-state index is 12.5. The summed E-state index contributed by atoms with van der Waals surface area (Å²) >= 11 is 0. The van der Waals surface area contributed by atoms with Crippen LogP contribution in [0, 0.1) is 6.92 Å². The average molecular weight is 278 g/mol. The molecule has 1 fully saturated rings. The van der Waals surface area contributed by atoms with Gasteiger partial charge in [0.25, 0.3) is 5.91 Å². The number of rotatable bonds is 3. The molecule has 1 aliphatic rings. The summed E-state index contributed by atoms with van der Waals surface area (Å²) in [7, 11) is 2.88. The van der Waals surface area contributed by atoms with Crippen LogP contribution in [0.2, 0.25) is 0 Å². The molecule has 2 atom stereocenters. The summed E-state index contributed by atoms with van der Waals surface area (Å²) in [6, 6.07) is 4.62. The van der Waals surface area contributed by atoms with E-state index < -0.39 is 12.0 Å². The number of nitrogens with zero attached hydrogens (tertiary/aromatic N) is 2. The average Bonchev–Trinajstić information content (AvgIpc) is 2.90. The molecule has 2 rings (SSSR count). The van der Waals surface area contributed by atoms with Crippen molar-refractivity contribution in [2.24, 2.45) is 0 Å². The van der Waals surface area contributed by atoms with Crippen molar-refractivity contribution in [3.63, 3.8) is 0 Å². The van der Waals surface area contributed by atoms with Crippen LogP contribution in [-0.4, -0.2) is 54.7 Å². The Balaban J connectivity index is 2.24. The van der Waals surface area contributed by atoms with Gasteiger partial charge in [0.15, 0.2) is 0 Å². The van der Waals surface area contributed by atoms with Gasteiger partial charge in [0.1, 0.15) is 11.7 Å². The van der Waals surface area contributed by atoms with Crippen LogP contribution >= 0.6 is 0 Å². The molecule has 1 amide bonds. The zero-order valence-corrected chi connectivity index (χ0v) is 11.8. The molecule has 0 radical (unpaired) electrons. The predicted octanol–water partition coefficient (Wildman–Crippen LogP) is 0.793. The Hall–Kier alpha value is -1.95. The van der Waals surface area contributed by atoms with Crippen LogP contribution < -0.4 is 0 Å². The van der Waals surface area contributed by atoms with E-state index >= 15 is 0 Å². The minimum absolute atomic E-state index is 0.159. The Morgan fingerprint density at radius 3 is 2.70 bits per heavy atom. The van der Waals surface area contributed by atoms with Crippen molar-refractivity contribution >= 4 is 11.9 Å². The molecule has 1 saturated heterocycles. The number of esters is 1. The fourth-order valence-electron chi connectivity index (χ4n) is 2.36. The molecule has 0 aromatic carbocycles. The number of pyridine rings is 1. The van der Waals surface area contributed by atoms with E-state index in [4.69, 9.17) is 9.47 Å². The van der Waals surface area contributed by atoms with Gasteiger partial charge in [-0.2, -0.15) is 0 Å². The van der Waals surface area contributed by atoms with Crippen molar-refractivity contribution in [1.82, 2.24) is 9.88 Å². The summed E-state index contributed by atoms with van der Waals surface area (Å²) in [6.07, 6.45) is 0.286. The predicted molar refractivity (Wildman–Crippen MR) is 71.2 cm³/mol.